The van der Waals surface area contributed by atoms with Crippen molar-refractivity contribution < 1.29 is 18.7 Å². The van der Waals surface area contributed by atoms with Gasteiger partial charge in [0.2, 0.25) is 5.88 Å². The van der Waals surface area contributed by atoms with Crippen LogP contribution in [0.1, 0.15) is 37.8 Å². The number of halogens is 1. The van der Waals surface area contributed by atoms with Crippen LogP contribution in [0.5, 0.6) is 5.88 Å². The lowest BCUT2D eigenvalue weighted by Crippen LogP contribution is -2.26. The molecule has 1 aromatic carbocycles. The third-order valence-corrected chi connectivity index (χ3v) is 4.23. The molecule has 2 aromatic rings. The van der Waals surface area contributed by atoms with Gasteiger partial charge in [-0.1, -0.05) is 18.2 Å². The van der Waals surface area contributed by atoms with E-state index in [-0.39, 0.29) is 6.10 Å². The Morgan fingerprint density at radius 1 is 1.27 bits per heavy atom. The monoisotopic (exact) mass is 356 g/mol. The molecule has 1 N–H and O–H groups in total. The Balaban J connectivity index is 2.29. The SMILES string of the molecule is COC(=O)C1=C(C)Nc2ccnc(OC(C)C)c2C1c1ccccc1F. The molecule has 5 nitrogen and oxygen atoms in total. The summed E-state index contributed by atoms with van der Waals surface area (Å²) in [4.78, 5) is 16.8. The van der Waals surface area contributed by atoms with Crippen LogP contribution in [0.25, 0.3) is 0 Å². The molecule has 0 saturated carbocycles. The average Bonchev–Trinajstić information content (AvgIpc) is 2.60. The van der Waals surface area contributed by atoms with E-state index in [0.29, 0.717) is 28.3 Å². The Morgan fingerprint density at radius 3 is 2.65 bits per heavy atom. The van der Waals surface area contributed by atoms with Crippen molar-refractivity contribution in [1.29, 1.82) is 0 Å². The number of allylic oxidation sites excluding steroid dienone is 1. The van der Waals surface area contributed by atoms with Crippen molar-refractivity contribution in [3.8, 4) is 5.88 Å². The van der Waals surface area contributed by atoms with Gasteiger partial charge < -0.3 is 14.8 Å². The average molecular weight is 356 g/mol. The maximum Gasteiger partial charge on any atom is 0.336 e. The highest BCUT2D eigenvalue weighted by molar-refractivity contribution is 5.95. The van der Waals surface area contributed by atoms with Gasteiger partial charge >= 0.3 is 5.97 Å². The lowest BCUT2D eigenvalue weighted by molar-refractivity contribution is -0.136. The number of nitrogens with one attached hydrogen (secondary N) is 1. The van der Waals surface area contributed by atoms with E-state index in [0.717, 1.165) is 5.69 Å². The number of nitrogens with zero attached hydrogens (tertiary/aromatic N) is 1. The molecule has 1 aliphatic rings. The van der Waals surface area contributed by atoms with Crippen molar-refractivity contribution in [3.05, 3.63) is 64.7 Å². The van der Waals surface area contributed by atoms with Gasteiger partial charge in [0.25, 0.3) is 0 Å². The van der Waals surface area contributed by atoms with Crippen LogP contribution in [0.3, 0.4) is 0 Å². The number of carbonyl (C=O) groups is 1. The zero-order valence-corrected chi connectivity index (χ0v) is 15.2. The van der Waals surface area contributed by atoms with Crippen LogP contribution in [0.15, 0.2) is 47.8 Å². The van der Waals surface area contributed by atoms with Crippen molar-refractivity contribution >= 4 is 11.7 Å². The number of fused-ring (bicyclic) bond motifs is 1. The second-order valence-corrected chi connectivity index (χ2v) is 6.35. The molecule has 0 amide bonds. The third-order valence-electron chi connectivity index (χ3n) is 4.23. The van der Waals surface area contributed by atoms with E-state index < -0.39 is 17.7 Å². The summed E-state index contributed by atoms with van der Waals surface area (Å²) >= 11 is 0. The number of ether oxygens (including phenoxy) is 2. The molecule has 1 aromatic heterocycles. The van der Waals surface area contributed by atoms with E-state index in [4.69, 9.17) is 9.47 Å². The predicted octanol–water partition coefficient (Wildman–Crippen LogP) is 4.01. The molecule has 136 valence electrons. The molecule has 0 aliphatic carbocycles. The van der Waals surface area contributed by atoms with E-state index in [1.807, 2.05) is 13.8 Å². The summed E-state index contributed by atoms with van der Waals surface area (Å²) in [5.74, 6) is -1.23. The van der Waals surface area contributed by atoms with Crippen molar-refractivity contribution in [2.24, 2.45) is 0 Å². The first-order valence-electron chi connectivity index (χ1n) is 8.40. The highest BCUT2D eigenvalue weighted by Gasteiger charge is 2.37. The minimum Gasteiger partial charge on any atom is -0.475 e. The van der Waals surface area contributed by atoms with Gasteiger partial charge in [0.1, 0.15) is 5.82 Å². The topological polar surface area (TPSA) is 60.5 Å². The zero-order chi connectivity index (χ0) is 18.8. The lowest BCUT2D eigenvalue weighted by Gasteiger charge is -2.31. The van der Waals surface area contributed by atoms with Crippen molar-refractivity contribution in [3.63, 3.8) is 0 Å². The smallest absolute Gasteiger partial charge is 0.336 e. The summed E-state index contributed by atoms with van der Waals surface area (Å²) in [7, 11) is 1.31. The van der Waals surface area contributed by atoms with Gasteiger partial charge in [-0.15, -0.1) is 0 Å². The van der Waals surface area contributed by atoms with Crippen molar-refractivity contribution in [2.75, 3.05) is 12.4 Å². The van der Waals surface area contributed by atoms with Crippen LogP contribution in [0, 0.1) is 5.82 Å². The standard InChI is InChI=1S/C20H21FN2O3/c1-11(2)26-19-18-15(9-10-22-19)23-12(3)16(20(24)25-4)17(18)13-7-5-6-8-14(13)21/h5-11,17,23H,1-4H3. The third kappa shape index (κ3) is 3.14. The number of carbonyl (C=O) groups excluding carboxylic acids is 1. The normalized spacial score (nSPS) is 16.2. The molecule has 26 heavy (non-hydrogen) atoms. The number of esters is 1. The maximum absolute atomic E-state index is 14.7. The summed E-state index contributed by atoms with van der Waals surface area (Å²) in [6.45, 7) is 5.54. The Labute approximate surface area is 151 Å². The first-order valence-corrected chi connectivity index (χ1v) is 8.40. The first-order chi connectivity index (χ1) is 12.4. The van der Waals surface area contributed by atoms with Crippen molar-refractivity contribution in [2.45, 2.75) is 32.8 Å². The minimum atomic E-state index is -0.678. The van der Waals surface area contributed by atoms with E-state index in [1.54, 1.807) is 37.4 Å². The Bertz CT molecular complexity index is 877. The first kappa shape index (κ1) is 17.9. The Kier molecular flexibility index (Phi) is 4.93. The molecule has 3 rings (SSSR count). The number of methoxy groups -OCH3 is 1. The second kappa shape index (κ2) is 7.15. The van der Waals surface area contributed by atoms with Crippen LogP contribution >= 0.6 is 0 Å². The van der Waals surface area contributed by atoms with E-state index in [1.165, 1.54) is 13.2 Å². The maximum atomic E-state index is 14.7. The van der Waals surface area contributed by atoms with E-state index >= 15 is 0 Å². The Morgan fingerprint density at radius 2 is 2.00 bits per heavy atom. The molecular weight excluding hydrogens is 335 g/mol. The predicted molar refractivity (Wildman–Crippen MR) is 96.6 cm³/mol. The quantitative estimate of drug-likeness (QED) is 0.839. The van der Waals surface area contributed by atoms with Gasteiger partial charge in [-0.2, -0.15) is 0 Å². The van der Waals surface area contributed by atoms with E-state index in [9.17, 15) is 9.18 Å². The number of aromatic nitrogens is 1. The van der Waals surface area contributed by atoms with E-state index in [2.05, 4.69) is 10.3 Å². The van der Waals surface area contributed by atoms with Gasteiger partial charge in [0, 0.05) is 23.1 Å². The number of pyridine rings is 1. The summed E-state index contributed by atoms with van der Waals surface area (Å²) in [6.07, 6.45) is 1.50. The zero-order valence-electron chi connectivity index (χ0n) is 15.2. The summed E-state index contributed by atoms with van der Waals surface area (Å²) in [5.41, 5.74) is 2.67. The van der Waals surface area contributed by atoms with Crippen LogP contribution in [0.2, 0.25) is 0 Å². The van der Waals surface area contributed by atoms with Crippen LogP contribution in [0.4, 0.5) is 10.1 Å². The number of benzene rings is 1. The molecule has 0 radical (unpaired) electrons. The molecule has 0 fully saturated rings. The molecular formula is C20H21FN2O3. The van der Waals surface area contributed by atoms with Crippen molar-refractivity contribution in [1.82, 2.24) is 4.98 Å². The largest absolute Gasteiger partial charge is 0.475 e. The summed E-state index contributed by atoms with van der Waals surface area (Å²) in [6, 6.07) is 8.18. The highest BCUT2D eigenvalue weighted by atomic mass is 19.1. The fraction of sp³-hybridized carbons (Fsp3) is 0.300. The second-order valence-electron chi connectivity index (χ2n) is 6.35. The molecule has 0 bridgehead atoms. The summed E-state index contributed by atoms with van der Waals surface area (Å²) in [5, 5.41) is 3.19. The summed E-state index contributed by atoms with van der Waals surface area (Å²) < 4.78 is 25.5. The van der Waals surface area contributed by atoms with Gasteiger partial charge in [-0.05, 0) is 32.9 Å². The molecule has 6 heteroatoms. The minimum absolute atomic E-state index is 0.121. The van der Waals surface area contributed by atoms with Gasteiger partial charge in [-0.25, -0.2) is 14.2 Å². The number of hydrogen-bond donors (Lipinski definition) is 1. The number of anilines is 1. The van der Waals surface area contributed by atoms with Gasteiger partial charge in [0.05, 0.1) is 30.3 Å². The molecule has 1 unspecified atom stereocenters. The fourth-order valence-electron chi connectivity index (χ4n) is 3.19. The highest BCUT2D eigenvalue weighted by Crippen LogP contribution is 2.46. The number of rotatable bonds is 4. The van der Waals surface area contributed by atoms with Gasteiger partial charge in [0.15, 0.2) is 0 Å². The molecule has 1 aliphatic heterocycles. The van der Waals surface area contributed by atoms with Crippen LogP contribution in [-0.2, 0) is 9.53 Å². The van der Waals surface area contributed by atoms with Crippen LogP contribution in [-0.4, -0.2) is 24.2 Å². The molecule has 0 spiro atoms. The lowest BCUT2D eigenvalue weighted by atomic mass is 9.81. The fourth-order valence-corrected chi connectivity index (χ4v) is 3.19. The molecule has 0 saturated heterocycles. The molecule has 2 heterocycles. The Hall–Kier alpha value is -2.89. The number of hydrogen-bond acceptors (Lipinski definition) is 5. The van der Waals surface area contributed by atoms with Crippen LogP contribution < -0.4 is 10.1 Å². The molecule has 1 atom stereocenters. The van der Waals surface area contributed by atoms with Gasteiger partial charge in [-0.3, -0.25) is 0 Å².